The van der Waals surface area contributed by atoms with Gasteiger partial charge < -0.3 is 15.4 Å². The first-order valence-electron chi connectivity index (χ1n) is 7.00. The molecule has 0 spiro atoms. The number of nitrogens with two attached hydrogens (primary N) is 1. The van der Waals surface area contributed by atoms with Crippen LogP contribution in [0.15, 0.2) is 29.3 Å². The highest BCUT2D eigenvalue weighted by molar-refractivity contribution is 5.78. The molecule has 0 bridgehead atoms. The fourth-order valence-corrected chi connectivity index (χ4v) is 2.25. The van der Waals surface area contributed by atoms with E-state index in [4.69, 9.17) is 10.5 Å². The van der Waals surface area contributed by atoms with Gasteiger partial charge in [0.15, 0.2) is 5.96 Å². The maximum Gasteiger partial charge on any atom is 0.191 e. The van der Waals surface area contributed by atoms with Gasteiger partial charge in [0, 0.05) is 13.1 Å². The topological polar surface area (TPSA) is 50.9 Å². The average molecular weight is 261 g/mol. The molecule has 1 aliphatic rings. The standard InChI is InChI=1S/C15H23N3O/c1-13-6-5-7-14(12-13)19-11-8-17-15(16)18-9-3-2-4-10-18/h5-7,12H,2-4,8-11H2,1H3,(H2,16,17). The second-order valence-corrected chi connectivity index (χ2v) is 4.95. The highest BCUT2D eigenvalue weighted by atomic mass is 16.5. The minimum atomic E-state index is 0.567. The van der Waals surface area contributed by atoms with E-state index in [2.05, 4.69) is 22.9 Å². The molecule has 4 nitrogen and oxygen atoms in total. The van der Waals surface area contributed by atoms with E-state index in [1.165, 1.54) is 24.8 Å². The number of piperidine rings is 1. The van der Waals surface area contributed by atoms with Crippen molar-refractivity contribution in [3.05, 3.63) is 29.8 Å². The van der Waals surface area contributed by atoms with Gasteiger partial charge in [-0.1, -0.05) is 12.1 Å². The van der Waals surface area contributed by atoms with E-state index in [-0.39, 0.29) is 0 Å². The summed E-state index contributed by atoms with van der Waals surface area (Å²) in [5, 5.41) is 0. The van der Waals surface area contributed by atoms with Crippen LogP contribution in [0.5, 0.6) is 5.75 Å². The lowest BCUT2D eigenvalue weighted by Gasteiger charge is -2.27. The Morgan fingerprint density at radius 1 is 1.32 bits per heavy atom. The van der Waals surface area contributed by atoms with Crippen molar-refractivity contribution in [2.24, 2.45) is 10.7 Å². The molecule has 0 amide bonds. The van der Waals surface area contributed by atoms with Crippen molar-refractivity contribution in [2.45, 2.75) is 26.2 Å². The summed E-state index contributed by atoms with van der Waals surface area (Å²) in [4.78, 5) is 6.54. The van der Waals surface area contributed by atoms with E-state index in [1.807, 2.05) is 18.2 Å². The van der Waals surface area contributed by atoms with Gasteiger partial charge in [0.05, 0.1) is 6.54 Å². The highest BCUT2D eigenvalue weighted by Gasteiger charge is 2.11. The SMILES string of the molecule is Cc1cccc(OCCN=C(N)N2CCCCC2)c1. The van der Waals surface area contributed by atoms with Crippen molar-refractivity contribution in [3.8, 4) is 5.75 Å². The van der Waals surface area contributed by atoms with Gasteiger partial charge in [-0.25, -0.2) is 4.99 Å². The lowest BCUT2D eigenvalue weighted by Crippen LogP contribution is -2.41. The van der Waals surface area contributed by atoms with Gasteiger partial charge in [0.1, 0.15) is 12.4 Å². The molecular formula is C15H23N3O. The van der Waals surface area contributed by atoms with Crippen LogP contribution in [0.1, 0.15) is 24.8 Å². The Labute approximate surface area is 115 Å². The van der Waals surface area contributed by atoms with Crippen molar-refractivity contribution in [3.63, 3.8) is 0 Å². The summed E-state index contributed by atoms with van der Waals surface area (Å²) in [6, 6.07) is 8.04. The summed E-state index contributed by atoms with van der Waals surface area (Å²) in [7, 11) is 0. The second-order valence-electron chi connectivity index (χ2n) is 4.95. The highest BCUT2D eigenvalue weighted by Crippen LogP contribution is 2.12. The van der Waals surface area contributed by atoms with Crippen molar-refractivity contribution in [2.75, 3.05) is 26.2 Å². The summed E-state index contributed by atoms with van der Waals surface area (Å²) >= 11 is 0. The Morgan fingerprint density at radius 3 is 2.84 bits per heavy atom. The van der Waals surface area contributed by atoms with Crippen molar-refractivity contribution < 1.29 is 4.74 Å². The van der Waals surface area contributed by atoms with Gasteiger partial charge in [-0.2, -0.15) is 0 Å². The average Bonchev–Trinajstić information content (AvgIpc) is 2.44. The minimum absolute atomic E-state index is 0.567. The first kappa shape index (κ1) is 13.7. The number of hydrogen-bond donors (Lipinski definition) is 1. The molecule has 4 heteroatoms. The number of nitrogens with zero attached hydrogens (tertiary/aromatic N) is 2. The van der Waals surface area contributed by atoms with Gasteiger partial charge in [-0.15, -0.1) is 0 Å². The molecule has 1 aromatic carbocycles. The van der Waals surface area contributed by atoms with Crippen molar-refractivity contribution in [1.82, 2.24) is 4.90 Å². The van der Waals surface area contributed by atoms with Gasteiger partial charge in [-0.05, 0) is 43.9 Å². The largest absolute Gasteiger partial charge is 0.492 e. The quantitative estimate of drug-likeness (QED) is 0.513. The molecule has 2 N–H and O–H groups in total. The molecular weight excluding hydrogens is 238 g/mol. The van der Waals surface area contributed by atoms with Crippen molar-refractivity contribution >= 4 is 5.96 Å². The van der Waals surface area contributed by atoms with E-state index < -0.39 is 0 Å². The molecule has 1 heterocycles. The molecule has 1 fully saturated rings. The number of ether oxygens (including phenoxy) is 1. The molecule has 2 rings (SSSR count). The molecule has 0 unspecified atom stereocenters. The summed E-state index contributed by atoms with van der Waals surface area (Å²) in [5.74, 6) is 1.55. The number of hydrogen-bond acceptors (Lipinski definition) is 2. The molecule has 104 valence electrons. The predicted octanol–water partition coefficient (Wildman–Crippen LogP) is 2.17. The molecule has 0 saturated carbocycles. The normalized spacial score (nSPS) is 16.5. The van der Waals surface area contributed by atoms with E-state index in [0.29, 0.717) is 19.1 Å². The Balaban J connectivity index is 1.73. The van der Waals surface area contributed by atoms with Gasteiger partial charge in [0.25, 0.3) is 0 Å². The lowest BCUT2D eigenvalue weighted by molar-refractivity contribution is 0.321. The summed E-state index contributed by atoms with van der Waals surface area (Å²) < 4.78 is 5.64. The van der Waals surface area contributed by atoms with Crippen LogP contribution in [-0.4, -0.2) is 37.1 Å². The van der Waals surface area contributed by atoms with Gasteiger partial charge >= 0.3 is 0 Å². The molecule has 1 aliphatic heterocycles. The number of rotatable bonds is 4. The number of guanidine groups is 1. The number of aryl methyl sites for hydroxylation is 1. The Morgan fingerprint density at radius 2 is 2.11 bits per heavy atom. The molecule has 0 radical (unpaired) electrons. The van der Waals surface area contributed by atoms with Crippen LogP contribution in [0, 0.1) is 6.92 Å². The smallest absolute Gasteiger partial charge is 0.191 e. The first-order valence-corrected chi connectivity index (χ1v) is 7.00. The van der Waals surface area contributed by atoms with Crippen LogP contribution in [0.3, 0.4) is 0 Å². The Bertz CT molecular complexity index is 425. The first-order chi connectivity index (χ1) is 9.25. The van der Waals surface area contributed by atoms with Crippen LogP contribution in [0.2, 0.25) is 0 Å². The van der Waals surface area contributed by atoms with E-state index >= 15 is 0 Å². The fourth-order valence-electron chi connectivity index (χ4n) is 2.25. The van der Waals surface area contributed by atoms with Crippen LogP contribution >= 0.6 is 0 Å². The molecule has 0 atom stereocenters. The summed E-state index contributed by atoms with van der Waals surface area (Å²) in [5.41, 5.74) is 7.17. The van der Waals surface area contributed by atoms with Crippen molar-refractivity contribution in [1.29, 1.82) is 0 Å². The van der Waals surface area contributed by atoms with Crippen LogP contribution < -0.4 is 10.5 Å². The van der Waals surface area contributed by atoms with Gasteiger partial charge in [-0.3, -0.25) is 0 Å². The zero-order valence-electron chi connectivity index (χ0n) is 11.6. The minimum Gasteiger partial charge on any atom is -0.492 e. The van der Waals surface area contributed by atoms with Crippen LogP contribution in [0.4, 0.5) is 0 Å². The zero-order chi connectivity index (χ0) is 13.5. The van der Waals surface area contributed by atoms with Crippen LogP contribution in [0.25, 0.3) is 0 Å². The summed E-state index contributed by atoms with van der Waals surface area (Å²) in [6.45, 7) is 5.30. The molecule has 0 aromatic heterocycles. The second kappa shape index (κ2) is 7.02. The predicted molar refractivity (Wildman–Crippen MR) is 78.6 cm³/mol. The van der Waals surface area contributed by atoms with E-state index in [9.17, 15) is 0 Å². The molecule has 19 heavy (non-hydrogen) atoms. The Hall–Kier alpha value is -1.71. The molecule has 1 saturated heterocycles. The number of aliphatic imine (C=N–C) groups is 1. The Kier molecular flexibility index (Phi) is 5.07. The third-order valence-electron chi connectivity index (χ3n) is 3.30. The fraction of sp³-hybridized carbons (Fsp3) is 0.533. The maximum atomic E-state index is 5.97. The third kappa shape index (κ3) is 4.47. The summed E-state index contributed by atoms with van der Waals surface area (Å²) in [6.07, 6.45) is 3.74. The number of benzene rings is 1. The van der Waals surface area contributed by atoms with E-state index in [0.717, 1.165) is 18.8 Å². The lowest BCUT2D eigenvalue weighted by atomic mass is 10.1. The van der Waals surface area contributed by atoms with Crippen LogP contribution in [-0.2, 0) is 0 Å². The third-order valence-corrected chi connectivity index (χ3v) is 3.30. The van der Waals surface area contributed by atoms with Gasteiger partial charge in [0.2, 0.25) is 0 Å². The molecule has 1 aromatic rings. The van der Waals surface area contributed by atoms with E-state index in [1.54, 1.807) is 0 Å². The maximum absolute atomic E-state index is 5.97. The zero-order valence-corrected chi connectivity index (χ0v) is 11.6. The number of likely N-dealkylation sites (tertiary alicyclic amines) is 1. The monoisotopic (exact) mass is 261 g/mol. The molecule has 0 aliphatic carbocycles.